The number of hydrogen-bond acceptors (Lipinski definition) is 7. The topological polar surface area (TPSA) is 122 Å². The van der Waals surface area contributed by atoms with E-state index >= 15 is 0 Å². The van der Waals surface area contributed by atoms with E-state index in [4.69, 9.17) is 12.2 Å². The summed E-state index contributed by atoms with van der Waals surface area (Å²) in [6.07, 6.45) is 0.677. The monoisotopic (exact) mass is 428 g/mol. The Hall–Kier alpha value is -3.44. The molecule has 29 heavy (non-hydrogen) atoms. The molecule has 0 aliphatic carbocycles. The number of aromatic nitrogens is 2. The molecule has 0 aliphatic rings. The largest absolute Gasteiger partial charge is 0.362 e. The molecule has 0 radical (unpaired) electrons. The van der Waals surface area contributed by atoms with Gasteiger partial charge in [0.15, 0.2) is 10.8 Å². The van der Waals surface area contributed by atoms with Crippen LogP contribution >= 0.6 is 23.8 Å². The Bertz CT molecular complexity index is 991. The molecule has 0 saturated carbocycles. The first-order valence-corrected chi connectivity index (χ1v) is 9.72. The van der Waals surface area contributed by atoms with Crippen LogP contribution in [-0.2, 0) is 6.42 Å². The molecule has 0 unspecified atom stereocenters. The highest BCUT2D eigenvalue weighted by atomic mass is 32.1. The molecule has 1 aromatic heterocycles. The maximum absolute atomic E-state index is 11.9. The van der Waals surface area contributed by atoms with Gasteiger partial charge >= 0.3 is 0 Å². The van der Waals surface area contributed by atoms with Crippen LogP contribution < -0.4 is 16.0 Å². The van der Waals surface area contributed by atoms with Crippen molar-refractivity contribution in [1.82, 2.24) is 14.9 Å². The number of non-ortho nitro benzene ring substituents is 1. The van der Waals surface area contributed by atoms with Gasteiger partial charge in [-0.3, -0.25) is 14.9 Å². The van der Waals surface area contributed by atoms with Crippen molar-refractivity contribution in [3.63, 3.8) is 0 Å². The Morgan fingerprint density at radius 1 is 1.07 bits per heavy atom. The smallest absolute Gasteiger partial charge is 0.277 e. The van der Waals surface area contributed by atoms with E-state index in [-0.39, 0.29) is 17.3 Å². The number of nitro groups is 1. The predicted molar refractivity (Wildman–Crippen MR) is 115 cm³/mol. The molecule has 1 amide bonds. The molecule has 0 fully saturated rings. The summed E-state index contributed by atoms with van der Waals surface area (Å²) in [5.74, 6) is -0.317. The molecule has 3 aromatic rings. The van der Waals surface area contributed by atoms with Gasteiger partial charge in [-0.2, -0.15) is 0 Å². The second kappa shape index (κ2) is 9.66. The van der Waals surface area contributed by atoms with Crippen LogP contribution in [0.5, 0.6) is 0 Å². The average Bonchev–Trinajstić information content (AvgIpc) is 3.25. The van der Waals surface area contributed by atoms with Crippen molar-refractivity contribution >= 4 is 51.8 Å². The summed E-state index contributed by atoms with van der Waals surface area (Å²) < 4.78 is 3.66. The number of rotatable bonds is 7. The summed E-state index contributed by atoms with van der Waals surface area (Å²) in [5.41, 5.74) is 2.72. The van der Waals surface area contributed by atoms with Crippen LogP contribution in [0.15, 0.2) is 53.9 Å². The molecule has 0 aliphatic heterocycles. The molecule has 9 nitrogen and oxygen atoms in total. The van der Waals surface area contributed by atoms with Crippen molar-refractivity contribution in [2.45, 2.75) is 6.42 Å². The van der Waals surface area contributed by atoms with Crippen LogP contribution in [0.3, 0.4) is 0 Å². The molecule has 0 atom stereocenters. The number of benzene rings is 2. The van der Waals surface area contributed by atoms with E-state index in [1.807, 2.05) is 0 Å². The summed E-state index contributed by atoms with van der Waals surface area (Å²) in [5, 5.41) is 25.3. The van der Waals surface area contributed by atoms with Crippen molar-refractivity contribution in [2.75, 3.05) is 17.2 Å². The fourth-order valence-corrected chi connectivity index (χ4v) is 3.03. The fraction of sp³-hybridized carbons (Fsp3) is 0.111. The Morgan fingerprint density at radius 2 is 1.72 bits per heavy atom. The lowest BCUT2D eigenvalue weighted by Gasteiger charge is -2.11. The zero-order chi connectivity index (χ0) is 20.6. The van der Waals surface area contributed by atoms with Gasteiger partial charge < -0.3 is 16.0 Å². The molecule has 3 N–H and O–H groups in total. The van der Waals surface area contributed by atoms with Crippen LogP contribution in [0, 0.1) is 10.1 Å². The van der Waals surface area contributed by atoms with Gasteiger partial charge in [0.05, 0.1) is 4.92 Å². The van der Waals surface area contributed by atoms with Crippen molar-refractivity contribution < 1.29 is 9.72 Å². The van der Waals surface area contributed by atoms with Crippen molar-refractivity contribution in [3.8, 4) is 0 Å². The van der Waals surface area contributed by atoms with Gasteiger partial charge in [0.1, 0.15) is 0 Å². The molecule has 1 heterocycles. The first-order chi connectivity index (χ1) is 14.0. The van der Waals surface area contributed by atoms with E-state index in [0.29, 0.717) is 23.8 Å². The Balaban J connectivity index is 1.43. The first kappa shape index (κ1) is 20.3. The second-order valence-corrected chi connectivity index (χ2v) is 6.89. The highest BCUT2D eigenvalue weighted by Crippen LogP contribution is 2.15. The lowest BCUT2D eigenvalue weighted by atomic mass is 10.1. The molecule has 0 spiro atoms. The van der Waals surface area contributed by atoms with Gasteiger partial charge in [0, 0.05) is 35.4 Å². The molecule has 11 heteroatoms. The number of anilines is 2. The fourth-order valence-electron chi connectivity index (χ4n) is 2.38. The maximum atomic E-state index is 11.9. The number of hydrogen-bond donors (Lipinski definition) is 3. The molecule has 2 aromatic carbocycles. The van der Waals surface area contributed by atoms with E-state index in [1.54, 1.807) is 41.8 Å². The van der Waals surface area contributed by atoms with Crippen LogP contribution in [-0.4, -0.2) is 32.1 Å². The average molecular weight is 428 g/mol. The number of nitrogens with one attached hydrogen (secondary N) is 3. The number of carbonyl (C=O) groups is 1. The van der Waals surface area contributed by atoms with E-state index in [9.17, 15) is 14.9 Å². The zero-order valence-electron chi connectivity index (χ0n) is 15.0. The van der Waals surface area contributed by atoms with Gasteiger partial charge in [-0.15, -0.1) is 5.10 Å². The van der Waals surface area contributed by atoms with Crippen molar-refractivity contribution in [1.29, 1.82) is 0 Å². The molecule has 0 saturated heterocycles. The third-order valence-electron chi connectivity index (χ3n) is 3.84. The number of nitrogens with zero attached hydrogens (tertiary/aromatic N) is 3. The quantitative estimate of drug-likeness (QED) is 0.298. The Kier molecular flexibility index (Phi) is 6.76. The molecule has 0 bridgehead atoms. The van der Waals surface area contributed by atoms with Crippen LogP contribution in [0.25, 0.3) is 0 Å². The molecular formula is C18H16N6O3S2. The summed E-state index contributed by atoms with van der Waals surface area (Å²) in [6.45, 7) is 0.583. The highest BCUT2D eigenvalue weighted by molar-refractivity contribution is 7.80. The van der Waals surface area contributed by atoms with Gasteiger partial charge in [0.2, 0.25) is 0 Å². The van der Waals surface area contributed by atoms with E-state index in [1.165, 1.54) is 12.1 Å². The summed E-state index contributed by atoms with van der Waals surface area (Å²) in [4.78, 5) is 22.2. The zero-order valence-corrected chi connectivity index (χ0v) is 16.6. The normalized spacial score (nSPS) is 10.2. The number of carbonyl (C=O) groups excluding carboxylic acids is 1. The minimum Gasteiger partial charge on any atom is -0.362 e. The first-order valence-electron chi connectivity index (χ1n) is 8.48. The van der Waals surface area contributed by atoms with E-state index < -0.39 is 4.92 Å². The van der Waals surface area contributed by atoms with Crippen molar-refractivity contribution in [3.05, 3.63) is 75.3 Å². The third-order valence-corrected chi connectivity index (χ3v) is 4.59. The van der Waals surface area contributed by atoms with Gasteiger partial charge in [-0.25, -0.2) is 0 Å². The number of amides is 1. The van der Waals surface area contributed by atoms with Crippen LogP contribution in [0.1, 0.15) is 16.1 Å². The Labute approximate surface area is 175 Å². The van der Waals surface area contributed by atoms with Crippen LogP contribution in [0.2, 0.25) is 0 Å². The van der Waals surface area contributed by atoms with Crippen LogP contribution in [0.4, 0.5) is 17.1 Å². The maximum Gasteiger partial charge on any atom is 0.277 e. The van der Waals surface area contributed by atoms with E-state index in [2.05, 4.69) is 25.5 Å². The lowest BCUT2D eigenvalue weighted by Crippen LogP contribution is -2.30. The Morgan fingerprint density at radius 3 is 2.31 bits per heavy atom. The number of nitro benzene ring substituents is 1. The minimum atomic E-state index is -0.423. The van der Waals surface area contributed by atoms with Gasteiger partial charge in [-0.05, 0) is 60.0 Å². The lowest BCUT2D eigenvalue weighted by molar-refractivity contribution is -0.384. The minimum absolute atomic E-state index is 0.0711. The highest BCUT2D eigenvalue weighted by Gasteiger charge is 2.09. The van der Waals surface area contributed by atoms with E-state index in [0.717, 1.165) is 22.8 Å². The summed E-state index contributed by atoms with van der Waals surface area (Å²) in [7, 11) is 0. The van der Waals surface area contributed by atoms with Gasteiger partial charge in [-0.1, -0.05) is 16.6 Å². The standard InChI is InChI=1S/C18H16N6O3S2/c25-17(16-11-29-23-22-16)20-13-3-5-14(6-4-13)21-18(28)19-10-9-12-1-7-15(8-2-12)24(26)27/h1-8,11H,9-10H2,(H,20,25)(H2,19,21,28). The molecular weight excluding hydrogens is 412 g/mol. The molecule has 148 valence electrons. The molecule has 3 rings (SSSR count). The van der Waals surface area contributed by atoms with Crippen molar-refractivity contribution in [2.24, 2.45) is 0 Å². The second-order valence-electron chi connectivity index (χ2n) is 5.88. The predicted octanol–water partition coefficient (Wildman–Crippen LogP) is 3.23. The number of thiocarbonyl (C=S) groups is 1. The third kappa shape index (κ3) is 6.02. The summed E-state index contributed by atoms with van der Waals surface area (Å²) >= 11 is 6.38. The SMILES string of the molecule is O=C(Nc1ccc(NC(=S)NCCc2ccc([N+](=O)[O-])cc2)cc1)c1csnn1. The van der Waals surface area contributed by atoms with Gasteiger partial charge in [0.25, 0.3) is 11.6 Å². The summed E-state index contributed by atoms with van der Waals surface area (Å²) in [6, 6.07) is 13.5.